The Kier molecular flexibility index (Phi) is 5.53. The minimum atomic E-state index is -1.29. The average Bonchev–Trinajstić information content (AvgIpc) is 2.62. The first-order valence-corrected chi connectivity index (χ1v) is 11.0. The highest BCUT2D eigenvalue weighted by atomic mass is 16.7. The number of ether oxygens (including phenoxy) is 2. The van der Waals surface area contributed by atoms with E-state index in [1.807, 2.05) is 19.9 Å². The maximum Gasteiger partial charge on any atom is 0.177 e. The van der Waals surface area contributed by atoms with Crippen molar-refractivity contribution in [2.45, 2.75) is 91.6 Å². The third-order valence-electron chi connectivity index (χ3n) is 7.95. The van der Waals surface area contributed by atoms with Gasteiger partial charge in [-0.15, -0.1) is 0 Å². The second-order valence-electron chi connectivity index (χ2n) is 11.2. The van der Waals surface area contributed by atoms with Crippen LogP contribution < -0.4 is 0 Å². The normalized spacial score (nSPS) is 33.9. The van der Waals surface area contributed by atoms with Crippen LogP contribution in [0.1, 0.15) is 74.1 Å². The SMILES string of the molecule is C=CC1=C(C)CC[C@@](O)([C@@H](O)C2=CCCC3(OCC(C)(C)CO3)C2(C)C)C1(C)C. The lowest BCUT2D eigenvalue weighted by molar-refractivity contribution is -0.343. The fourth-order valence-electron chi connectivity index (χ4n) is 5.63. The van der Waals surface area contributed by atoms with Gasteiger partial charge in [-0.05, 0) is 37.3 Å². The van der Waals surface area contributed by atoms with E-state index in [1.165, 1.54) is 5.57 Å². The zero-order chi connectivity index (χ0) is 21.9. The smallest absolute Gasteiger partial charge is 0.177 e. The van der Waals surface area contributed by atoms with Crippen LogP contribution in [-0.2, 0) is 9.47 Å². The fraction of sp³-hybridized carbons (Fsp3) is 0.760. The van der Waals surface area contributed by atoms with Crippen LogP contribution in [-0.4, -0.2) is 40.9 Å². The third-order valence-corrected chi connectivity index (χ3v) is 7.95. The molecule has 164 valence electrons. The van der Waals surface area contributed by atoms with E-state index >= 15 is 0 Å². The number of hydrogen-bond acceptors (Lipinski definition) is 4. The van der Waals surface area contributed by atoms with Gasteiger partial charge < -0.3 is 19.7 Å². The van der Waals surface area contributed by atoms with Crippen molar-refractivity contribution in [3.8, 4) is 0 Å². The first kappa shape index (κ1) is 22.7. The van der Waals surface area contributed by atoms with E-state index in [0.29, 0.717) is 19.6 Å². The molecule has 2 atom stereocenters. The van der Waals surface area contributed by atoms with E-state index in [9.17, 15) is 10.2 Å². The molecule has 0 aromatic heterocycles. The van der Waals surface area contributed by atoms with Crippen LogP contribution in [0, 0.1) is 16.2 Å². The Hall–Kier alpha value is -0.940. The van der Waals surface area contributed by atoms with Gasteiger partial charge in [0.15, 0.2) is 5.79 Å². The fourth-order valence-corrected chi connectivity index (χ4v) is 5.63. The molecule has 0 amide bonds. The largest absolute Gasteiger partial charge is 0.386 e. The molecular weight excluding hydrogens is 364 g/mol. The molecule has 1 aliphatic heterocycles. The Morgan fingerprint density at radius 2 is 1.62 bits per heavy atom. The Balaban J connectivity index is 1.98. The van der Waals surface area contributed by atoms with Gasteiger partial charge in [-0.2, -0.15) is 0 Å². The van der Waals surface area contributed by atoms with Gasteiger partial charge in [-0.1, -0.05) is 65.8 Å². The van der Waals surface area contributed by atoms with Crippen molar-refractivity contribution in [2.24, 2.45) is 16.2 Å². The zero-order valence-corrected chi connectivity index (χ0v) is 19.4. The van der Waals surface area contributed by atoms with Crippen molar-refractivity contribution in [3.63, 3.8) is 0 Å². The van der Waals surface area contributed by atoms with Crippen LogP contribution in [0.2, 0.25) is 0 Å². The molecule has 1 spiro atoms. The Labute approximate surface area is 176 Å². The number of hydrogen-bond donors (Lipinski definition) is 2. The Bertz CT molecular complexity index is 730. The second kappa shape index (κ2) is 7.05. The molecule has 2 aliphatic carbocycles. The van der Waals surface area contributed by atoms with Gasteiger partial charge in [0, 0.05) is 22.7 Å². The molecule has 0 bridgehead atoms. The van der Waals surface area contributed by atoms with Crippen LogP contribution in [0.5, 0.6) is 0 Å². The molecule has 2 N–H and O–H groups in total. The molecule has 0 aromatic rings. The summed E-state index contributed by atoms with van der Waals surface area (Å²) in [6.07, 6.45) is 5.70. The minimum absolute atomic E-state index is 0.0218. The summed E-state index contributed by atoms with van der Waals surface area (Å²) >= 11 is 0. The van der Waals surface area contributed by atoms with Gasteiger partial charge in [0.05, 0.1) is 13.2 Å². The van der Waals surface area contributed by atoms with E-state index in [0.717, 1.165) is 30.4 Å². The number of aliphatic hydroxyl groups is 2. The van der Waals surface area contributed by atoms with Crippen molar-refractivity contribution in [1.29, 1.82) is 0 Å². The Morgan fingerprint density at radius 1 is 1.03 bits per heavy atom. The number of allylic oxidation sites excluding steroid dienone is 3. The molecule has 0 saturated carbocycles. The molecular formula is C25H40O4. The van der Waals surface area contributed by atoms with Crippen LogP contribution >= 0.6 is 0 Å². The summed E-state index contributed by atoms with van der Waals surface area (Å²) in [6, 6.07) is 0. The molecule has 3 rings (SSSR count). The van der Waals surface area contributed by atoms with Crippen LogP contribution in [0.25, 0.3) is 0 Å². The highest BCUT2D eigenvalue weighted by Gasteiger charge is 2.60. The van der Waals surface area contributed by atoms with E-state index in [-0.39, 0.29) is 5.41 Å². The van der Waals surface area contributed by atoms with E-state index < -0.39 is 28.3 Å². The molecule has 4 heteroatoms. The predicted octanol–water partition coefficient (Wildman–Crippen LogP) is 4.92. The molecule has 1 heterocycles. The van der Waals surface area contributed by atoms with Gasteiger partial charge >= 0.3 is 0 Å². The molecule has 1 saturated heterocycles. The molecule has 1 fully saturated rings. The van der Waals surface area contributed by atoms with E-state index in [2.05, 4.69) is 47.3 Å². The van der Waals surface area contributed by atoms with Crippen molar-refractivity contribution < 1.29 is 19.7 Å². The lowest BCUT2D eigenvalue weighted by Crippen LogP contribution is -2.63. The van der Waals surface area contributed by atoms with Crippen molar-refractivity contribution in [2.75, 3.05) is 13.2 Å². The van der Waals surface area contributed by atoms with Crippen LogP contribution in [0.15, 0.2) is 35.5 Å². The van der Waals surface area contributed by atoms with Gasteiger partial charge in [-0.25, -0.2) is 0 Å². The van der Waals surface area contributed by atoms with Crippen molar-refractivity contribution >= 4 is 0 Å². The summed E-state index contributed by atoms with van der Waals surface area (Å²) in [7, 11) is 0. The molecule has 3 aliphatic rings. The summed E-state index contributed by atoms with van der Waals surface area (Å²) in [4.78, 5) is 0. The molecule has 0 unspecified atom stereocenters. The lowest BCUT2D eigenvalue weighted by atomic mass is 9.56. The minimum Gasteiger partial charge on any atom is -0.386 e. The maximum atomic E-state index is 11.9. The quantitative estimate of drug-likeness (QED) is 0.656. The van der Waals surface area contributed by atoms with E-state index in [1.54, 1.807) is 0 Å². The van der Waals surface area contributed by atoms with Gasteiger partial charge in [-0.3, -0.25) is 0 Å². The summed E-state index contributed by atoms with van der Waals surface area (Å²) in [6.45, 7) is 19.8. The number of rotatable bonds is 3. The number of aliphatic hydroxyl groups excluding tert-OH is 1. The van der Waals surface area contributed by atoms with Crippen molar-refractivity contribution in [1.82, 2.24) is 0 Å². The zero-order valence-electron chi connectivity index (χ0n) is 19.4. The predicted molar refractivity (Wildman–Crippen MR) is 116 cm³/mol. The molecule has 0 aromatic carbocycles. The van der Waals surface area contributed by atoms with Gasteiger partial charge in [0.1, 0.15) is 11.7 Å². The second-order valence-corrected chi connectivity index (χ2v) is 11.2. The van der Waals surface area contributed by atoms with Crippen LogP contribution in [0.3, 0.4) is 0 Å². The van der Waals surface area contributed by atoms with Crippen molar-refractivity contribution in [3.05, 3.63) is 35.5 Å². The first-order chi connectivity index (χ1) is 13.2. The van der Waals surface area contributed by atoms with Gasteiger partial charge in [0.25, 0.3) is 0 Å². The third kappa shape index (κ3) is 3.27. The summed E-state index contributed by atoms with van der Waals surface area (Å²) in [5, 5.41) is 23.5. The topological polar surface area (TPSA) is 58.9 Å². The first-order valence-electron chi connectivity index (χ1n) is 11.0. The Morgan fingerprint density at radius 3 is 2.17 bits per heavy atom. The lowest BCUT2D eigenvalue weighted by Gasteiger charge is -2.57. The van der Waals surface area contributed by atoms with E-state index in [4.69, 9.17) is 9.47 Å². The summed E-state index contributed by atoms with van der Waals surface area (Å²) in [5.74, 6) is -0.768. The summed E-state index contributed by atoms with van der Waals surface area (Å²) in [5.41, 5.74) is 0.600. The highest BCUT2D eigenvalue weighted by Crippen LogP contribution is 2.57. The molecule has 4 nitrogen and oxygen atoms in total. The maximum absolute atomic E-state index is 11.9. The summed E-state index contributed by atoms with van der Waals surface area (Å²) < 4.78 is 12.7. The average molecular weight is 405 g/mol. The highest BCUT2D eigenvalue weighted by molar-refractivity contribution is 5.39. The molecule has 29 heavy (non-hydrogen) atoms. The molecule has 0 radical (unpaired) electrons. The van der Waals surface area contributed by atoms with Gasteiger partial charge in [0.2, 0.25) is 0 Å². The monoisotopic (exact) mass is 404 g/mol. The van der Waals surface area contributed by atoms with Crippen LogP contribution in [0.4, 0.5) is 0 Å². The standard InChI is InChI=1S/C25H40O4/c1-9-18-17(2)12-14-24(27,22(18,5)6)20(26)19-11-10-13-25(23(19,7)8)28-15-21(3,4)16-29-25/h9,11,20,26-27H,1,10,12-16H2,2-8H3/t20-,24+/m0/s1.